The van der Waals surface area contributed by atoms with Crippen molar-refractivity contribution >= 4 is 0 Å². The van der Waals surface area contributed by atoms with Crippen molar-refractivity contribution in [2.24, 2.45) is 0 Å². The van der Waals surface area contributed by atoms with Gasteiger partial charge in [0.1, 0.15) is 0 Å². The fourth-order valence-electron chi connectivity index (χ4n) is 0.701. The summed E-state index contributed by atoms with van der Waals surface area (Å²) in [5.41, 5.74) is 0. The molecule has 0 N–H and O–H groups in total. The Morgan fingerprint density at radius 1 is 1.43 bits per heavy atom. The van der Waals surface area contributed by atoms with Crippen LogP contribution < -0.4 is 0 Å². The second-order valence-corrected chi connectivity index (χ2v) is 1.78. The Balaban J connectivity index is 2.12. The lowest BCUT2D eigenvalue weighted by Gasteiger charge is -2.13. The smallest absolute Gasteiger partial charge is 0.198 e. The van der Waals surface area contributed by atoms with Crippen LogP contribution in [0.25, 0.3) is 0 Å². The Kier molecular flexibility index (Phi) is 1.63. The minimum Gasteiger partial charge on any atom is -0.348 e. The fourth-order valence-corrected chi connectivity index (χ4v) is 0.701. The maximum atomic E-state index is 12.0. The van der Waals surface area contributed by atoms with Gasteiger partial charge in [-0.2, -0.15) is 0 Å². The van der Waals surface area contributed by atoms with Gasteiger partial charge in [-0.1, -0.05) is 0 Å². The van der Waals surface area contributed by atoms with Gasteiger partial charge in [0.25, 0.3) is 0 Å². The van der Waals surface area contributed by atoms with Crippen molar-refractivity contribution in [2.75, 3.05) is 6.61 Å². The van der Waals surface area contributed by atoms with Gasteiger partial charge in [-0.3, -0.25) is 0 Å². The van der Waals surface area contributed by atoms with Gasteiger partial charge in [0, 0.05) is 6.42 Å². The molecule has 0 aromatic heterocycles. The van der Waals surface area contributed by atoms with Gasteiger partial charge < -0.3 is 4.74 Å². The molecule has 0 amide bonds. The highest BCUT2D eigenvalue weighted by Gasteiger charge is 2.09. The Morgan fingerprint density at radius 3 is 2.57 bits per heavy atom. The van der Waals surface area contributed by atoms with E-state index in [4.69, 9.17) is 0 Å². The molecule has 2 heteroatoms. The van der Waals surface area contributed by atoms with Gasteiger partial charge >= 0.3 is 0 Å². The molecule has 0 bridgehead atoms. The molecular weight excluding hydrogens is 95.1 g/mol. The third-order valence-electron chi connectivity index (χ3n) is 1.12. The zero-order valence-electron chi connectivity index (χ0n) is 4.19. The Bertz CT molecular complexity index is 50.0. The minimum absolute atomic E-state index is 0.597. The number of halogens is 1. The van der Waals surface area contributed by atoms with Crippen LogP contribution in [0.2, 0.25) is 0 Å². The van der Waals surface area contributed by atoms with Crippen molar-refractivity contribution in [3.05, 3.63) is 0 Å². The van der Waals surface area contributed by atoms with Crippen molar-refractivity contribution in [3.63, 3.8) is 0 Å². The second kappa shape index (κ2) is 2.26. The summed E-state index contributed by atoms with van der Waals surface area (Å²) >= 11 is 0. The maximum Gasteiger partial charge on any atom is 0.198 e. The topological polar surface area (TPSA) is 9.23 Å². The standard InChI is InChI=1S/C5H9FO/c6-5-3-1-2-4-7-5/h5H,1-4H2/t5-/m0/s1. The molecule has 1 aliphatic heterocycles. The van der Waals surface area contributed by atoms with Gasteiger partial charge in [-0.05, 0) is 12.8 Å². The highest BCUT2D eigenvalue weighted by molar-refractivity contribution is 4.50. The van der Waals surface area contributed by atoms with E-state index >= 15 is 0 Å². The average Bonchev–Trinajstić information content (AvgIpc) is 1.69. The molecule has 1 atom stereocenters. The molecule has 7 heavy (non-hydrogen) atoms. The molecular formula is C5H9FO. The van der Waals surface area contributed by atoms with Gasteiger partial charge in [0.05, 0.1) is 6.61 Å². The van der Waals surface area contributed by atoms with E-state index < -0.39 is 6.36 Å². The van der Waals surface area contributed by atoms with Crippen LogP contribution in [0, 0.1) is 0 Å². The molecule has 0 aromatic carbocycles. The second-order valence-electron chi connectivity index (χ2n) is 1.78. The van der Waals surface area contributed by atoms with Crippen LogP contribution in [0.4, 0.5) is 4.39 Å². The predicted molar refractivity (Wildman–Crippen MR) is 24.7 cm³/mol. The summed E-state index contributed by atoms with van der Waals surface area (Å²) in [5, 5.41) is 0. The zero-order valence-corrected chi connectivity index (χ0v) is 4.19. The first-order chi connectivity index (χ1) is 3.39. The summed E-state index contributed by atoms with van der Waals surface area (Å²) in [6, 6.07) is 0. The van der Waals surface area contributed by atoms with E-state index in [1.165, 1.54) is 0 Å². The Hall–Kier alpha value is -0.110. The van der Waals surface area contributed by atoms with Crippen LogP contribution in [-0.2, 0) is 4.74 Å². The first-order valence-electron chi connectivity index (χ1n) is 2.65. The third kappa shape index (κ3) is 1.43. The minimum atomic E-state index is -0.964. The van der Waals surface area contributed by atoms with Crippen LogP contribution in [0.5, 0.6) is 0 Å². The monoisotopic (exact) mass is 104 g/mol. The van der Waals surface area contributed by atoms with Crippen molar-refractivity contribution in [1.29, 1.82) is 0 Å². The molecule has 1 aliphatic rings. The highest BCUT2D eigenvalue weighted by Crippen LogP contribution is 2.12. The molecule has 0 aliphatic carbocycles. The Labute approximate surface area is 42.5 Å². The summed E-state index contributed by atoms with van der Waals surface area (Å²) in [4.78, 5) is 0. The predicted octanol–water partition coefficient (Wildman–Crippen LogP) is 1.48. The van der Waals surface area contributed by atoms with E-state index in [1.54, 1.807) is 0 Å². The normalized spacial score (nSPS) is 33.0. The van der Waals surface area contributed by atoms with Gasteiger partial charge in [-0.15, -0.1) is 0 Å². The van der Waals surface area contributed by atoms with Crippen molar-refractivity contribution in [2.45, 2.75) is 25.6 Å². The van der Waals surface area contributed by atoms with Crippen LogP contribution in [0.15, 0.2) is 0 Å². The van der Waals surface area contributed by atoms with Crippen LogP contribution in [-0.4, -0.2) is 13.0 Å². The largest absolute Gasteiger partial charge is 0.348 e. The Morgan fingerprint density at radius 2 is 2.29 bits per heavy atom. The van der Waals surface area contributed by atoms with Crippen LogP contribution in [0.1, 0.15) is 19.3 Å². The van der Waals surface area contributed by atoms with Crippen molar-refractivity contribution in [1.82, 2.24) is 0 Å². The number of alkyl halides is 1. The van der Waals surface area contributed by atoms with Crippen LogP contribution in [0.3, 0.4) is 0 Å². The van der Waals surface area contributed by atoms with Gasteiger partial charge in [-0.25, -0.2) is 4.39 Å². The van der Waals surface area contributed by atoms with Crippen molar-refractivity contribution < 1.29 is 9.13 Å². The van der Waals surface area contributed by atoms with Gasteiger partial charge in [0.2, 0.25) is 0 Å². The molecule has 0 unspecified atom stereocenters. The average molecular weight is 104 g/mol. The SMILES string of the molecule is F[C@@H]1CCCCO1. The first kappa shape index (κ1) is 5.04. The summed E-state index contributed by atoms with van der Waals surface area (Å²) in [5.74, 6) is 0. The van der Waals surface area contributed by atoms with E-state index in [0.29, 0.717) is 13.0 Å². The number of hydrogen-bond acceptors (Lipinski definition) is 1. The first-order valence-corrected chi connectivity index (χ1v) is 2.65. The number of ether oxygens (including phenoxy) is 1. The van der Waals surface area contributed by atoms with E-state index in [0.717, 1.165) is 12.8 Å². The van der Waals surface area contributed by atoms with E-state index in [9.17, 15) is 4.39 Å². The molecule has 1 fully saturated rings. The third-order valence-corrected chi connectivity index (χ3v) is 1.12. The maximum absolute atomic E-state index is 12.0. The summed E-state index contributed by atoms with van der Waals surface area (Å²) < 4.78 is 16.6. The molecule has 1 rings (SSSR count). The van der Waals surface area contributed by atoms with E-state index in [-0.39, 0.29) is 0 Å². The molecule has 1 heterocycles. The van der Waals surface area contributed by atoms with Crippen molar-refractivity contribution in [3.8, 4) is 0 Å². The fraction of sp³-hybridized carbons (Fsp3) is 1.00. The van der Waals surface area contributed by atoms with E-state index in [2.05, 4.69) is 4.74 Å². The number of rotatable bonds is 0. The summed E-state index contributed by atoms with van der Waals surface area (Å²) in [6.07, 6.45) is 1.65. The molecule has 1 saturated heterocycles. The van der Waals surface area contributed by atoms with Gasteiger partial charge in [0.15, 0.2) is 6.36 Å². The lowest BCUT2D eigenvalue weighted by atomic mass is 10.2. The molecule has 42 valence electrons. The highest BCUT2D eigenvalue weighted by atomic mass is 19.1. The molecule has 0 aromatic rings. The quantitative estimate of drug-likeness (QED) is 0.452. The molecule has 0 saturated carbocycles. The lowest BCUT2D eigenvalue weighted by Crippen LogP contribution is -2.12. The summed E-state index contributed by atoms with van der Waals surface area (Å²) in [6.45, 7) is 0.612. The molecule has 1 nitrogen and oxygen atoms in total. The molecule has 0 radical (unpaired) electrons. The summed E-state index contributed by atoms with van der Waals surface area (Å²) in [7, 11) is 0. The zero-order chi connectivity index (χ0) is 5.11. The van der Waals surface area contributed by atoms with E-state index in [1.807, 2.05) is 0 Å². The van der Waals surface area contributed by atoms with Crippen LogP contribution >= 0.6 is 0 Å². The lowest BCUT2D eigenvalue weighted by molar-refractivity contribution is -0.0677. The molecule has 0 spiro atoms. The number of hydrogen-bond donors (Lipinski definition) is 0.